The van der Waals surface area contributed by atoms with E-state index in [4.69, 9.17) is 0 Å². The molecule has 0 amide bonds. The molecule has 0 saturated carbocycles. The van der Waals surface area contributed by atoms with Crippen LogP contribution in [-0.2, 0) is 6.18 Å². The standard InChI is InChI=1S/C10H5BrF3NS/c11-9-15-5-8(16-9)6-1-3-7(4-2-6)10(12,13)14/h1-5H. The van der Waals surface area contributed by atoms with Crippen molar-refractivity contribution < 1.29 is 13.2 Å². The van der Waals surface area contributed by atoms with Gasteiger partial charge >= 0.3 is 6.18 Å². The fourth-order valence-electron chi connectivity index (χ4n) is 1.21. The van der Waals surface area contributed by atoms with E-state index < -0.39 is 11.7 Å². The zero-order chi connectivity index (χ0) is 11.8. The third-order valence-electron chi connectivity index (χ3n) is 1.97. The van der Waals surface area contributed by atoms with E-state index in [-0.39, 0.29) is 0 Å². The van der Waals surface area contributed by atoms with Crippen LogP contribution in [-0.4, -0.2) is 4.98 Å². The van der Waals surface area contributed by atoms with Gasteiger partial charge in [-0.15, -0.1) is 11.3 Å². The highest BCUT2D eigenvalue weighted by Gasteiger charge is 2.29. The van der Waals surface area contributed by atoms with Gasteiger partial charge in [-0.05, 0) is 33.6 Å². The van der Waals surface area contributed by atoms with Crippen LogP contribution in [0, 0.1) is 0 Å². The maximum Gasteiger partial charge on any atom is 0.416 e. The summed E-state index contributed by atoms with van der Waals surface area (Å²) < 4.78 is 37.6. The van der Waals surface area contributed by atoms with Crippen molar-refractivity contribution in [2.45, 2.75) is 6.18 Å². The van der Waals surface area contributed by atoms with Gasteiger partial charge in [-0.3, -0.25) is 0 Å². The number of thiazole rings is 1. The molecule has 2 aromatic rings. The summed E-state index contributed by atoms with van der Waals surface area (Å²) in [6.45, 7) is 0. The van der Waals surface area contributed by atoms with Crippen LogP contribution in [0.15, 0.2) is 34.4 Å². The lowest BCUT2D eigenvalue weighted by Gasteiger charge is -2.06. The number of aromatic nitrogens is 1. The van der Waals surface area contributed by atoms with Crippen molar-refractivity contribution in [3.05, 3.63) is 39.9 Å². The minimum absolute atomic E-state index is 0.639. The summed E-state index contributed by atoms with van der Waals surface area (Å²) in [5.41, 5.74) is 0.0935. The zero-order valence-corrected chi connectivity index (χ0v) is 10.2. The maximum atomic E-state index is 12.3. The fourth-order valence-corrected chi connectivity index (χ4v) is 2.48. The predicted octanol–water partition coefficient (Wildman–Crippen LogP) is 4.59. The van der Waals surface area contributed by atoms with Gasteiger partial charge in [0.15, 0.2) is 3.92 Å². The van der Waals surface area contributed by atoms with Crippen LogP contribution < -0.4 is 0 Å². The van der Waals surface area contributed by atoms with Crippen LogP contribution in [0.2, 0.25) is 0 Å². The SMILES string of the molecule is FC(F)(F)c1ccc(-c2cnc(Br)s2)cc1. The molecule has 0 atom stereocenters. The van der Waals surface area contributed by atoms with E-state index in [1.54, 1.807) is 6.20 Å². The van der Waals surface area contributed by atoms with E-state index in [0.717, 1.165) is 22.6 Å². The summed E-state index contributed by atoms with van der Waals surface area (Å²) in [6.07, 6.45) is -2.66. The molecule has 16 heavy (non-hydrogen) atoms. The lowest BCUT2D eigenvalue weighted by Crippen LogP contribution is -2.03. The Bertz CT molecular complexity index is 490. The number of hydrogen-bond acceptors (Lipinski definition) is 2. The zero-order valence-electron chi connectivity index (χ0n) is 7.75. The Morgan fingerprint density at radius 1 is 1.12 bits per heavy atom. The molecule has 0 aliphatic heterocycles. The van der Waals surface area contributed by atoms with Crippen molar-refractivity contribution in [2.24, 2.45) is 0 Å². The minimum Gasteiger partial charge on any atom is -0.237 e. The van der Waals surface area contributed by atoms with Crippen molar-refractivity contribution in [1.82, 2.24) is 4.98 Å². The van der Waals surface area contributed by atoms with Crippen LogP contribution in [0.1, 0.15) is 5.56 Å². The maximum absolute atomic E-state index is 12.3. The first-order valence-electron chi connectivity index (χ1n) is 4.26. The van der Waals surface area contributed by atoms with Crippen LogP contribution in [0.25, 0.3) is 10.4 Å². The molecule has 0 N–H and O–H groups in total. The lowest BCUT2D eigenvalue weighted by atomic mass is 10.1. The predicted molar refractivity (Wildman–Crippen MR) is 60.3 cm³/mol. The van der Waals surface area contributed by atoms with Crippen molar-refractivity contribution >= 4 is 27.3 Å². The topological polar surface area (TPSA) is 12.9 Å². The molecule has 1 heterocycles. The average Bonchev–Trinajstić information content (AvgIpc) is 2.64. The monoisotopic (exact) mass is 307 g/mol. The Morgan fingerprint density at radius 3 is 2.19 bits per heavy atom. The summed E-state index contributed by atoms with van der Waals surface area (Å²) in [4.78, 5) is 4.81. The number of alkyl halides is 3. The van der Waals surface area contributed by atoms with Gasteiger partial charge in [-0.25, -0.2) is 4.98 Å². The molecule has 0 fully saturated rings. The number of halogens is 4. The largest absolute Gasteiger partial charge is 0.416 e. The summed E-state index contributed by atoms with van der Waals surface area (Å²) in [5.74, 6) is 0. The second-order valence-electron chi connectivity index (χ2n) is 3.05. The van der Waals surface area contributed by atoms with Gasteiger partial charge in [-0.1, -0.05) is 12.1 Å². The Balaban J connectivity index is 2.33. The molecule has 0 unspecified atom stereocenters. The van der Waals surface area contributed by atoms with Crippen LogP contribution >= 0.6 is 27.3 Å². The molecular weight excluding hydrogens is 303 g/mol. The molecule has 6 heteroatoms. The molecule has 0 aliphatic rings. The first kappa shape index (κ1) is 11.6. The third kappa shape index (κ3) is 2.44. The molecular formula is C10H5BrF3NS. The van der Waals surface area contributed by atoms with Crippen LogP contribution in [0.3, 0.4) is 0 Å². The van der Waals surface area contributed by atoms with Gasteiger partial charge in [-0.2, -0.15) is 13.2 Å². The summed E-state index contributed by atoms with van der Waals surface area (Å²) in [6, 6.07) is 5.04. The summed E-state index contributed by atoms with van der Waals surface area (Å²) in [7, 11) is 0. The Hall–Kier alpha value is -0.880. The van der Waals surface area contributed by atoms with Crippen LogP contribution in [0.5, 0.6) is 0 Å². The molecule has 2 rings (SSSR count). The van der Waals surface area contributed by atoms with Crippen molar-refractivity contribution in [1.29, 1.82) is 0 Å². The first-order valence-corrected chi connectivity index (χ1v) is 5.87. The smallest absolute Gasteiger partial charge is 0.237 e. The molecule has 1 aromatic heterocycles. The van der Waals surface area contributed by atoms with E-state index in [9.17, 15) is 13.2 Å². The van der Waals surface area contributed by atoms with E-state index in [1.165, 1.54) is 23.5 Å². The van der Waals surface area contributed by atoms with Crippen molar-refractivity contribution in [2.75, 3.05) is 0 Å². The second-order valence-corrected chi connectivity index (χ2v) is 5.36. The summed E-state index contributed by atoms with van der Waals surface area (Å²) >= 11 is 4.58. The first-order chi connectivity index (χ1) is 7.47. The number of rotatable bonds is 1. The van der Waals surface area contributed by atoms with Gasteiger partial charge in [0.05, 0.1) is 10.4 Å². The highest BCUT2D eigenvalue weighted by molar-refractivity contribution is 9.11. The van der Waals surface area contributed by atoms with Crippen molar-refractivity contribution in [3.63, 3.8) is 0 Å². The van der Waals surface area contributed by atoms with Crippen molar-refractivity contribution in [3.8, 4) is 10.4 Å². The lowest BCUT2D eigenvalue weighted by molar-refractivity contribution is -0.137. The molecule has 84 valence electrons. The highest BCUT2D eigenvalue weighted by Crippen LogP contribution is 2.33. The van der Waals surface area contributed by atoms with Gasteiger partial charge in [0, 0.05) is 6.20 Å². The molecule has 1 aromatic carbocycles. The molecule has 0 aliphatic carbocycles. The number of hydrogen-bond donors (Lipinski definition) is 0. The molecule has 1 nitrogen and oxygen atoms in total. The fraction of sp³-hybridized carbons (Fsp3) is 0.100. The van der Waals surface area contributed by atoms with E-state index >= 15 is 0 Å². The van der Waals surface area contributed by atoms with E-state index in [2.05, 4.69) is 20.9 Å². The van der Waals surface area contributed by atoms with E-state index in [1.807, 2.05) is 0 Å². The normalized spacial score (nSPS) is 11.8. The second kappa shape index (κ2) is 4.18. The molecule has 0 spiro atoms. The van der Waals surface area contributed by atoms with Gasteiger partial charge in [0.1, 0.15) is 0 Å². The quantitative estimate of drug-likeness (QED) is 0.751. The van der Waals surface area contributed by atoms with Gasteiger partial charge in [0.2, 0.25) is 0 Å². The Kier molecular flexibility index (Phi) is 3.03. The van der Waals surface area contributed by atoms with E-state index in [0.29, 0.717) is 3.92 Å². The molecule has 0 saturated heterocycles. The Labute approximate surface area is 102 Å². The van der Waals surface area contributed by atoms with Gasteiger partial charge in [0.25, 0.3) is 0 Å². The molecule has 0 bridgehead atoms. The average molecular weight is 308 g/mol. The third-order valence-corrected chi connectivity index (χ3v) is 3.50. The Morgan fingerprint density at radius 2 is 1.75 bits per heavy atom. The summed E-state index contributed by atoms with van der Waals surface area (Å²) in [5, 5.41) is 0. The minimum atomic E-state index is -4.28. The highest BCUT2D eigenvalue weighted by atomic mass is 79.9. The number of benzene rings is 1. The molecule has 0 radical (unpaired) electrons. The number of nitrogens with zero attached hydrogens (tertiary/aromatic N) is 1. The van der Waals surface area contributed by atoms with Crippen LogP contribution in [0.4, 0.5) is 13.2 Å². The van der Waals surface area contributed by atoms with Gasteiger partial charge < -0.3 is 0 Å².